The molecular weight excluding hydrogens is 160 g/mol. The summed E-state index contributed by atoms with van der Waals surface area (Å²) in [6.45, 7) is 2.62. The molecule has 12 heavy (non-hydrogen) atoms. The highest BCUT2D eigenvalue weighted by molar-refractivity contribution is 4.50. The summed E-state index contributed by atoms with van der Waals surface area (Å²) in [5.74, 6) is 0. The Bertz CT molecular complexity index is 101. The molecule has 1 heterocycles. The number of rotatable bonds is 5. The smallest absolute Gasteiger partial charge is 0.159 e. The molecule has 0 spiro atoms. The molecule has 0 aromatic heterocycles. The van der Waals surface area contributed by atoms with Crippen molar-refractivity contribution in [1.29, 1.82) is 0 Å². The van der Waals surface area contributed by atoms with Gasteiger partial charge < -0.3 is 19.3 Å². The van der Waals surface area contributed by atoms with Crippen LogP contribution in [0.5, 0.6) is 0 Å². The van der Waals surface area contributed by atoms with E-state index in [9.17, 15) is 0 Å². The minimum absolute atomic E-state index is 0.0758. The fourth-order valence-corrected chi connectivity index (χ4v) is 1.05. The van der Waals surface area contributed by atoms with Crippen LogP contribution in [-0.2, 0) is 14.2 Å². The van der Waals surface area contributed by atoms with E-state index in [4.69, 9.17) is 19.3 Å². The Kier molecular flexibility index (Phi) is 5.27. The molecule has 1 saturated heterocycles. The third kappa shape index (κ3) is 4.01. The normalized spacial score (nSPS) is 19.8. The maximum Gasteiger partial charge on any atom is 0.159 e. The van der Waals surface area contributed by atoms with Crippen molar-refractivity contribution in [3.63, 3.8) is 0 Å². The van der Waals surface area contributed by atoms with Crippen LogP contribution < -0.4 is 0 Å². The monoisotopic (exact) mass is 176 g/mol. The average Bonchev–Trinajstić information content (AvgIpc) is 2.14. The number of aliphatic hydroxyl groups excluding tert-OH is 1. The zero-order chi connectivity index (χ0) is 8.65. The summed E-state index contributed by atoms with van der Waals surface area (Å²) in [5.41, 5.74) is 0. The molecule has 4 nitrogen and oxygen atoms in total. The summed E-state index contributed by atoms with van der Waals surface area (Å²) in [7, 11) is 0. The second-order valence-electron chi connectivity index (χ2n) is 2.65. The molecule has 0 unspecified atom stereocenters. The van der Waals surface area contributed by atoms with Gasteiger partial charge in [-0.05, 0) is 6.42 Å². The zero-order valence-corrected chi connectivity index (χ0v) is 7.20. The van der Waals surface area contributed by atoms with Crippen LogP contribution in [0.15, 0.2) is 0 Å². The van der Waals surface area contributed by atoms with Crippen LogP contribution in [-0.4, -0.2) is 44.4 Å². The second-order valence-corrected chi connectivity index (χ2v) is 2.65. The highest BCUT2D eigenvalue weighted by Crippen LogP contribution is 2.07. The SMILES string of the molecule is OCCOCCC1OCCCO1. The lowest BCUT2D eigenvalue weighted by Crippen LogP contribution is -2.26. The summed E-state index contributed by atoms with van der Waals surface area (Å²) in [5, 5.41) is 8.42. The first-order valence-electron chi connectivity index (χ1n) is 4.35. The Morgan fingerprint density at radius 1 is 1.25 bits per heavy atom. The van der Waals surface area contributed by atoms with Crippen LogP contribution in [0.25, 0.3) is 0 Å². The van der Waals surface area contributed by atoms with E-state index < -0.39 is 0 Å². The number of hydrogen-bond acceptors (Lipinski definition) is 4. The minimum Gasteiger partial charge on any atom is -0.394 e. The Labute approximate surface area is 72.4 Å². The van der Waals surface area contributed by atoms with E-state index in [1.165, 1.54) is 0 Å². The molecular formula is C8H16O4. The van der Waals surface area contributed by atoms with Crippen molar-refractivity contribution in [2.45, 2.75) is 19.1 Å². The van der Waals surface area contributed by atoms with Gasteiger partial charge in [-0.15, -0.1) is 0 Å². The van der Waals surface area contributed by atoms with Crippen molar-refractivity contribution in [2.75, 3.05) is 33.0 Å². The maximum atomic E-state index is 8.42. The van der Waals surface area contributed by atoms with Crippen LogP contribution in [0, 0.1) is 0 Å². The topological polar surface area (TPSA) is 47.9 Å². The lowest BCUT2D eigenvalue weighted by molar-refractivity contribution is -0.186. The molecule has 1 aliphatic heterocycles. The molecule has 1 N–H and O–H groups in total. The second kappa shape index (κ2) is 6.37. The van der Waals surface area contributed by atoms with Gasteiger partial charge in [-0.25, -0.2) is 0 Å². The molecule has 0 aromatic rings. The first-order valence-corrected chi connectivity index (χ1v) is 4.35. The molecule has 0 bridgehead atoms. The fourth-order valence-electron chi connectivity index (χ4n) is 1.05. The Hall–Kier alpha value is -0.160. The lowest BCUT2D eigenvalue weighted by atomic mass is 10.4. The molecule has 1 aliphatic rings. The third-order valence-corrected chi connectivity index (χ3v) is 1.63. The minimum atomic E-state index is -0.0996. The fraction of sp³-hybridized carbons (Fsp3) is 1.00. The van der Waals surface area contributed by atoms with Crippen molar-refractivity contribution < 1.29 is 19.3 Å². The van der Waals surface area contributed by atoms with E-state index in [1.54, 1.807) is 0 Å². The van der Waals surface area contributed by atoms with Gasteiger partial charge in [0.1, 0.15) is 0 Å². The van der Waals surface area contributed by atoms with E-state index >= 15 is 0 Å². The third-order valence-electron chi connectivity index (χ3n) is 1.63. The van der Waals surface area contributed by atoms with E-state index in [0.29, 0.717) is 13.2 Å². The highest BCUT2D eigenvalue weighted by atomic mass is 16.7. The van der Waals surface area contributed by atoms with Crippen LogP contribution in [0.3, 0.4) is 0 Å². The van der Waals surface area contributed by atoms with E-state index in [2.05, 4.69) is 0 Å². The maximum absolute atomic E-state index is 8.42. The molecule has 0 radical (unpaired) electrons. The number of ether oxygens (including phenoxy) is 3. The van der Waals surface area contributed by atoms with Crippen LogP contribution in [0.1, 0.15) is 12.8 Å². The Morgan fingerprint density at radius 2 is 2.00 bits per heavy atom. The van der Waals surface area contributed by atoms with Gasteiger partial charge in [0.15, 0.2) is 6.29 Å². The number of hydrogen-bond donors (Lipinski definition) is 1. The predicted molar refractivity (Wildman–Crippen MR) is 42.8 cm³/mol. The quantitative estimate of drug-likeness (QED) is 0.606. The average molecular weight is 176 g/mol. The molecule has 0 saturated carbocycles. The van der Waals surface area contributed by atoms with Crippen LogP contribution in [0.2, 0.25) is 0 Å². The lowest BCUT2D eigenvalue weighted by Gasteiger charge is -2.22. The van der Waals surface area contributed by atoms with E-state index in [1.807, 2.05) is 0 Å². The Morgan fingerprint density at radius 3 is 2.67 bits per heavy atom. The van der Waals surface area contributed by atoms with Crippen molar-refractivity contribution in [3.05, 3.63) is 0 Å². The van der Waals surface area contributed by atoms with Gasteiger partial charge in [0.2, 0.25) is 0 Å². The molecule has 0 amide bonds. The van der Waals surface area contributed by atoms with Crippen molar-refractivity contribution in [3.8, 4) is 0 Å². The summed E-state index contributed by atoms with van der Waals surface area (Å²) >= 11 is 0. The predicted octanol–water partition coefficient (Wildman–Crippen LogP) is 0.148. The molecule has 1 fully saturated rings. The van der Waals surface area contributed by atoms with Gasteiger partial charge in [-0.2, -0.15) is 0 Å². The van der Waals surface area contributed by atoms with Gasteiger partial charge >= 0.3 is 0 Å². The highest BCUT2D eigenvalue weighted by Gasteiger charge is 2.12. The summed E-state index contributed by atoms with van der Waals surface area (Å²) in [6, 6.07) is 0. The van der Waals surface area contributed by atoms with Gasteiger partial charge in [0.05, 0.1) is 33.0 Å². The molecule has 4 heteroatoms. The van der Waals surface area contributed by atoms with Gasteiger partial charge in [-0.1, -0.05) is 0 Å². The molecule has 1 rings (SSSR count). The Balaban J connectivity index is 1.91. The summed E-state index contributed by atoms with van der Waals surface area (Å²) < 4.78 is 15.7. The van der Waals surface area contributed by atoms with Crippen molar-refractivity contribution in [1.82, 2.24) is 0 Å². The molecule has 0 aromatic carbocycles. The zero-order valence-electron chi connectivity index (χ0n) is 7.20. The molecule has 72 valence electrons. The summed E-state index contributed by atoms with van der Waals surface area (Å²) in [6.07, 6.45) is 1.63. The first kappa shape index (κ1) is 9.92. The van der Waals surface area contributed by atoms with E-state index in [-0.39, 0.29) is 12.9 Å². The standard InChI is InChI=1S/C8H16O4/c9-3-7-10-6-2-8-11-4-1-5-12-8/h8-9H,1-7H2. The molecule has 0 aliphatic carbocycles. The van der Waals surface area contributed by atoms with Gasteiger partial charge in [0, 0.05) is 6.42 Å². The van der Waals surface area contributed by atoms with Crippen molar-refractivity contribution >= 4 is 0 Å². The largest absolute Gasteiger partial charge is 0.394 e. The summed E-state index contributed by atoms with van der Waals surface area (Å²) in [4.78, 5) is 0. The first-order chi connectivity index (χ1) is 5.93. The van der Waals surface area contributed by atoms with Gasteiger partial charge in [-0.3, -0.25) is 0 Å². The number of aliphatic hydroxyl groups is 1. The van der Waals surface area contributed by atoms with Crippen LogP contribution >= 0.6 is 0 Å². The van der Waals surface area contributed by atoms with E-state index in [0.717, 1.165) is 26.1 Å². The van der Waals surface area contributed by atoms with Crippen LogP contribution in [0.4, 0.5) is 0 Å². The van der Waals surface area contributed by atoms with Crippen molar-refractivity contribution in [2.24, 2.45) is 0 Å². The van der Waals surface area contributed by atoms with Gasteiger partial charge in [0.25, 0.3) is 0 Å². The molecule has 0 atom stereocenters.